The maximum atomic E-state index is 10.9. The molecule has 0 aromatic heterocycles. The second-order valence-electron chi connectivity index (χ2n) is 3.16. The quantitative estimate of drug-likeness (QED) is 0.384. The number of carbonyl (C=O) groups excluding carboxylic acids is 1. The van der Waals surface area contributed by atoms with E-state index in [1.165, 1.54) is 0 Å². The number of rotatable bonds is 6. The van der Waals surface area contributed by atoms with Gasteiger partial charge in [-0.25, -0.2) is 9.59 Å². The second-order valence-corrected chi connectivity index (χ2v) is 3.16. The van der Waals surface area contributed by atoms with E-state index in [4.69, 9.17) is 21.1 Å². The van der Waals surface area contributed by atoms with Gasteiger partial charge in [0, 0.05) is 6.04 Å². The molecule has 0 saturated heterocycles. The van der Waals surface area contributed by atoms with Gasteiger partial charge in [0.1, 0.15) is 0 Å². The van der Waals surface area contributed by atoms with Gasteiger partial charge in [-0.15, -0.1) is 0 Å². The maximum Gasteiger partial charge on any atom is 0.338 e. The topological polar surface area (TPSA) is 130 Å². The standard InChI is InChI=1S/C8H15NO6/c1-4(9)2-3-15-8(14)6(11)5(10)7(12)13/h4-6,10-11H,2-3,9H2,1H3,(H,12,13)/t4-,5?,6?/m1/s1. The van der Waals surface area contributed by atoms with Gasteiger partial charge in [-0.05, 0) is 13.3 Å². The molecule has 0 rings (SSSR count). The Balaban J connectivity index is 3.94. The number of aliphatic hydroxyl groups is 2. The molecule has 7 nitrogen and oxygen atoms in total. The minimum Gasteiger partial charge on any atom is -0.479 e. The number of aliphatic carboxylic acids is 1. The van der Waals surface area contributed by atoms with Crippen molar-refractivity contribution in [3.8, 4) is 0 Å². The third-order valence-corrected chi connectivity index (χ3v) is 1.61. The smallest absolute Gasteiger partial charge is 0.338 e. The van der Waals surface area contributed by atoms with Crippen molar-refractivity contribution < 1.29 is 29.6 Å². The average molecular weight is 221 g/mol. The molecular weight excluding hydrogens is 206 g/mol. The van der Waals surface area contributed by atoms with Crippen molar-refractivity contribution in [1.29, 1.82) is 0 Å². The lowest BCUT2D eigenvalue weighted by Crippen LogP contribution is -2.40. The number of nitrogens with two attached hydrogens (primary N) is 1. The summed E-state index contributed by atoms with van der Waals surface area (Å²) < 4.78 is 4.49. The minimum absolute atomic E-state index is 0.0279. The maximum absolute atomic E-state index is 10.9. The first-order valence-electron chi connectivity index (χ1n) is 4.37. The van der Waals surface area contributed by atoms with Crippen molar-refractivity contribution in [2.75, 3.05) is 6.61 Å². The first-order chi connectivity index (χ1) is 6.86. The summed E-state index contributed by atoms with van der Waals surface area (Å²) in [4.78, 5) is 21.1. The minimum atomic E-state index is -2.17. The van der Waals surface area contributed by atoms with Crippen molar-refractivity contribution >= 4 is 11.9 Å². The molecule has 0 aliphatic heterocycles. The van der Waals surface area contributed by atoms with Gasteiger partial charge in [0.2, 0.25) is 0 Å². The Kier molecular flexibility index (Phi) is 5.83. The third kappa shape index (κ3) is 5.31. The Morgan fingerprint density at radius 2 is 1.87 bits per heavy atom. The van der Waals surface area contributed by atoms with Gasteiger partial charge in [0.05, 0.1) is 6.61 Å². The van der Waals surface area contributed by atoms with Crippen molar-refractivity contribution in [2.45, 2.75) is 31.6 Å². The van der Waals surface area contributed by atoms with Gasteiger partial charge in [-0.3, -0.25) is 0 Å². The Morgan fingerprint density at radius 1 is 1.33 bits per heavy atom. The number of carboxylic acids is 1. The molecule has 0 aromatic rings. The van der Waals surface area contributed by atoms with Crippen LogP contribution in [0.5, 0.6) is 0 Å². The second kappa shape index (κ2) is 6.33. The lowest BCUT2D eigenvalue weighted by atomic mass is 10.2. The lowest BCUT2D eigenvalue weighted by Gasteiger charge is -2.13. The van der Waals surface area contributed by atoms with Crippen LogP contribution in [0.4, 0.5) is 0 Å². The predicted octanol–water partition coefficient (Wildman–Crippen LogP) is -1.93. The summed E-state index contributed by atoms with van der Waals surface area (Å²) >= 11 is 0. The number of carbonyl (C=O) groups is 2. The van der Waals surface area contributed by atoms with Crippen molar-refractivity contribution in [3.63, 3.8) is 0 Å². The Morgan fingerprint density at radius 3 is 2.27 bits per heavy atom. The molecular formula is C8H15NO6. The fourth-order valence-electron chi connectivity index (χ4n) is 0.695. The highest BCUT2D eigenvalue weighted by molar-refractivity contribution is 5.84. The van der Waals surface area contributed by atoms with Crippen LogP contribution in [0, 0.1) is 0 Å². The zero-order valence-corrected chi connectivity index (χ0v) is 8.29. The van der Waals surface area contributed by atoms with Gasteiger partial charge in [-0.2, -0.15) is 0 Å². The molecule has 3 atom stereocenters. The van der Waals surface area contributed by atoms with E-state index in [0.29, 0.717) is 6.42 Å². The molecule has 0 bridgehead atoms. The van der Waals surface area contributed by atoms with E-state index in [1.807, 2.05) is 0 Å². The largest absolute Gasteiger partial charge is 0.479 e. The summed E-state index contributed by atoms with van der Waals surface area (Å²) in [5.74, 6) is -2.86. The van der Waals surface area contributed by atoms with Crippen molar-refractivity contribution in [2.24, 2.45) is 5.73 Å². The van der Waals surface area contributed by atoms with Crippen LogP contribution in [-0.2, 0) is 14.3 Å². The zero-order chi connectivity index (χ0) is 12.0. The fourth-order valence-corrected chi connectivity index (χ4v) is 0.695. The van der Waals surface area contributed by atoms with Gasteiger partial charge in [0.15, 0.2) is 12.2 Å². The number of esters is 1. The first kappa shape index (κ1) is 13.8. The van der Waals surface area contributed by atoms with Gasteiger partial charge < -0.3 is 25.8 Å². The molecule has 7 heteroatoms. The third-order valence-electron chi connectivity index (χ3n) is 1.61. The van der Waals surface area contributed by atoms with Gasteiger partial charge in [-0.1, -0.05) is 0 Å². The van der Waals surface area contributed by atoms with E-state index < -0.39 is 24.1 Å². The summed E-state index contributed by atoms with van der Waals surface area (Å²) in [5, 5.41) is 26.1. The summed E-state index contributed by atoms with van der Waals surface area (Å²) in [6.07, 6.45) is -3.86. The predicted molar refractivity (Wildman–Crippen MR) is 48.9 cm³/mol. The van der Waals surface area contributed by atoms with Crippen LogP contribution in [0.15, 0.2) is 0 Å². The first-order valence-corrected chi connectivity index (χ1v) is 4.37. The number of ether oxygens (including phenoxy) is 1. The highest BCUT2D eigenvalue weighted by atomic mass is 16.5. The van der Waals surface area contributed by atoms with Gasteiger partial charge >= 0.3 is 11.9 Å². The molecule has 0 fully saturated rings. The van der Waals surface area contributed by atoms with E-state index in [0.717, 1.165) is 0 Å². The number of hydrogen-bond donors (Lipinski definition) is 4. The summed E-state index contributed by atoms with van der Waals surface area (Å²) in [6.45, 7) is 1.68. The lowest BCUT2D eigenvalue weighted by molar-refractivity contribution is -0.169. The van der Waals surface area contributed by atoms with E-state index in [9.17, 15) is 9.59 Å². The monoisotopic (exact) mass is 221 g/mol. The number of hydrogen-bond acceptors (Lipinski definition) is 6. The van der Waals surface area contributed by atoms with Crippen LogP contribution in [0.3, 0.4) is 0 Å². The summed E-state index contributed by atoms with van der Waals surface area (Å²) in [7, 11) is 0. The van der Waals surface area contributed by atoms with E-state index in [2.05, 4.69) is 4.74 Å². The number of aliphatic hydroxyl groups excluding tert-OH is 2. The normalized spacial score (nSPS) is 16.5. The Hall–Kier alpha value is -1.18. The molecule has 0 aliphatic carbocycles. The van der Waals surface area contributed by atoms with Crippen LogP contribution >= 0.6 is 0 Å². The van der Waals surface area contributed by atoms with Crippen molar-refractivity contribution in [3.05, 3.63) is 0 Å². The van der Waals surface area contributed by atoms with Crippen LogP contribution in [0.2, 0.25) is 0 Å². The van der Waals surface area contributed by atoms with Crippen LogP contribution < -0.4 is 5.73 Å². The zero-order valence-electron chi connectivity index (χ0n) is 8.29. The SMILES string of the molecule is C[C@@H](N)CCOC(=O)C(O)C(O)C(=O)O. The summed E-state index contributed by atoms with van der Waals surface area (Å²) in [5.41, 5.74) is 5.37. The molecule has 15 heavy (non-hydrogen) atoms. The van der Waals surface area contributed by atoms with Gasteiger partial charge in [0.25, 0.3) is 0 Å². The average Bonchev–Trinajstić information content (AvgIpc) is 2.14. The van der Waals surface area contributed by atoms with Crippen LogP contribution in [0.25, 0.3) is 0 Å². The molecule has 0 saturated carbocycles. The molecule has 0 radical (unpaired) electrons. The molecule has 88 valence electrons. The molecule has 0 amide bonds. The highest BCUT2D eigenvalue weighted by Crippen LogP contribution is 1.98. The molecule has 2 unspecified atom stereocenters. The highest BCUT2D eigenvalue weighted by Gasteiger charge is 2.31. The van der Waals surface area contributed by atoms with E-state index >= 15 is 0 Å². The van der Waals surface area contributed by atoms with Crippen LogP contribution in [-0.4, -0.2) is 52.1 Å². The van der Waals surface area contributed by atoms with E-state index in [-0.39, 0.29) is 12.6 Å². The molecule has 5 N–H and O–H groups in total. The van der Waals surface area contributed by atoms with E-state index in [1.54, 1.807) is 6.92 Å². The number of carboxylic acid groups (broad SMARTS) is 1. The Bertz CT molecular complexity index is 229. The summed E-state index contributed by atoms with van der Waals surface area (Å²) in [6, 6.07) is -0.167. The Labute approximate surface area is 86.5 Å². The fraction of sp³-hybridized carbons (Fsp3) is 0.750. The van der Waals surface area contributed by atoms with Crippen molar-refractivity contribution in [1.82, 2.24) is 0 Å². The molecule has 0 spiro atoms. The molecule has 0 heterocycles. The molecule has 0 aromatic carbocycles. The molecule has 0 aliphatic rings. The van der Waals surface area contributed by atoms with Crippen LogP contribution in [0.1, 0.15) is 13.3 Å².